The molecule has 1 rings (SSSR count). The van der Waals surface area contributed by atoms with Gasteiger partial charge in [-0.05, 0) is 194 Å². The summed E-state index contributed by atoms with van der Waals surface area (Å²) in [6.45, 7) is 61.2. The first-order valence-corrected chi connectivity index (χ1v) is 57.0. The van der Waals surface area contributed by atoms with Gasteiger partial charge in [0, 0.05) is 0 Å². The number of benzene rings is 1. The number of hydrogen-bond acceptors (Lipinski definition) is 12. The average Bonchev–Trinajstić information content (AvgIpc) is 2.82. The van der Waals surface area contributed by atoms with Crippen LogP contribution in [0.25, 0.3) is 6.08 Å². The Labute approximate surface area is 383 Å². The van der Waals surface area contributed by atoms with Gasteiger partial charge in [0.05, 0.1) is 10.2 Å². The Morgan fingerprint density at radius 2 is 0.550 bits per heavy atom. The molecular weight excluding hydrogens is 977 g/mol. The second kappa shape index (κ2) is 20.0. The molecule has 60 heavy (non-hydrogen) atoms. The van der Waals surface area contributed by atoms with Gasteiger partial charge in [0.25, 0.3) is 0 Å². The second-order valence-electron chi connectivity index (χ2n) is 23.9. The first-order chi connectivity index (χ1) is 26.0. The summed E-state index contributed by atoms with van der Waals surface area (Å²) < 4.78 is 86.2. The van der Waals surface area contributed by atoms with Crippen LogP contribution in [0, 0.1) is 0 Å². The van der Waals surface area contributed by atoms with Crippen molar-refractivity contribution in [3.05, 3.63) is 18.2 Å². The Morgan fingerprint density at radius 3 is 0.750 bits per heavy atom. The largest absolute Gasteiger partial charge is 0.717 e. The molecule has 1 aromatic rings. The van der Waals surface area contributed by atoms with Crippen LogP contribution >= 0.6 is 0 Å². The third-order valence-corrected chi connectivity index (χ3v) is 39.0. The third kappa shape index (κ3) is 23.3. The van der Waals surface area contributed by atoms with Crippen molar-refractivity contribution >= 4 is 124 Å². The van der Waals surface area contributed by atoms with Crippen molar-refractivity contribution in [3.8, 4) is 17.2 Å². The molecule has 349 valence electrons. The van der Waals surface area contributed by atoms with Gasteiger partial charge in [-0.3, -0.25) is 0 Å². The molecule has 0 aromatic heterocycles. The zero-order valence-electron chi connectivity index (χ0n) is 42.8. The predicted octanol–water partition coefficient (Wildman–Crippen LogP) is 11.2. The molecule has 0 atom stereocenters. The predicted molar refractivity (Wildman–Crippen MR) is 281 cm³/mol. The zero-order valence-corrected chi connectivity index (χ0v) is 55.8. The van der Waals surface area contributed by atoms with E-state index in [4.69, 9.17) is 50.3 Å². The van der Waals surface area contributed by atoms with E-state index in [2.05, 4.69) is 194 Å². The highest BCUT2D eigenvalue weighted by atomic mass is 28.5. The summed E-state index contributed by atoms with van der Waals surface area (Å²) in [6.07, 6.45) is 1.73. The molecule has 0 unspecified atom stereocenters. The summed E-state index contributed by atoms with van der Waals surface area (Å²) in [4.78, 5) is 0. The van der Waals surface area contributed by atoms with E-state index in [1.54, 1.807) is 6.08 Å². The Balaban J connectivity index is 4.98. The molecule has 0 aliphatic heterocycles. The first kappa shape index (κ1) is 58.8. The minimum absolute atomic E-state index is 0.163. The molecule has 0 spiro atoms. The lowest BCUT2D eigenvalue weighted by molar-refractivity contribution is 0.127. The van der Waals surface area contributed by atoms with Gasteiger partial charge < -0.3 is 50.3 Å². The van der Waals surface area contributed by atoms with Gasteiger partial charge in [0.2, 0.25) is 0 Å². The Kier molecular flexibility index (Phi) is 19.6. The van der Waals surface area contributed by atoms with Gasteiger partial charge in [-0.25, -0.2) is 0 Å². The van der Waals surface area contributed by atoms with E-state index in [1.807, 2.05) is 6.07 Å². The summed E-state index contributed by atoms with van der Waals surface area (Å²) in [7, 11) is -30.4. The van der Waals surface area contributed by atoms with E-state index >= 15 is 0 Å². The highest BCUT2D eigenvalue weighted by Crippen LogP contribution is 2.45. The fourth-order valence-corrected chi connectivity index (χ4v) is 40.3. The third-order valence-electron chi connectivity index (χ3n) is 6.02. The maximum atomic E-state index is 7.49. The average molecular weight is 1060 g/mol. The van der Waals surface area contributed by atoms with Crippen LogP contribution in [0.4, 0.5) is 0 Å². The fourth-order valence-electron chi connectivity index (χ4n) is 5.20. The zero-order chi connectivity index (χ0) is 47.8. The van der Waals surface area contributed by atoms with E-state index < -0.39 is 102 Å². The smallest absolute Gasteiger partial charge is 0.478 e. The van der Waals surface area contributed by atoms with Crippen molar-refractivity contribution in [3.63, 3.8) is 0 Å². The van der Waals surface area contributed by atoms with Crippen LogP contribution in [0.2, 0.25) is 177 Å². The summed E-state index contributed by atoms with van der Waals surface area (Å²) >= 11 is 0. The van der Waals surface area contributed by atoms with Crippen LogP contribution in [0.15, 0.2) is 12.6 Å². The Bertz CT molecular complexity index is 1470. The molecule has 0 aliphatic carbocycles. The van der Waals surface area contributed by atoms with E-state index in [1.165, 1.54) is 0 Å². The van der Waals surface area contributed by atoms with Crippen molar-refractivity contribution in [1.82, 2.24) is 0 Å². The molecule has 0 aliphatic rings. The van der Waals surface area contributed by atoms with Gasteiger partial charge in [-0.15, -0.1) is 0 Å². The molecule has 25 heteroatoms. The van der Waals surface area contributed by atoms with Crippen LogP contribution in [0.3, 0.4) is 0 Å². The van der Waals surface area contributed by atoms with Crippen LogP contribution < -0.4 is 18.5 Å². The van der Waals surface area contributed by atoms with Crippen LogP contribution in [-0.4, -0.2) is 112 Å². The van der Waals surface area contributed by atoms with E-state index in [-0.39, 0.29) is 17.2 Å². The standard InChI is InChI=1S/C35H85O12Si13/c1-29-31-30-32(36-58(39-49(2,3)4,40-50(5,6)7)41-51(8,9)10)33(37-59(42-52(11,12)13,43-53(14,15)16)44-54(17,18)19)34(35(31)48)38-60(45-55(20,21)22,46-56(23,24)25)47-57(26,27)28/h29-30H,1H2,2-28H3. The molecular formula is C35H85O12Si13. The minimum atomic E-state index is -4.17. The first-order valence-electron chi connectivity index (χ1n) is 20.9. The molecule has 0 fully saturated rings. The van der Waals surface area contributed by atoms with Crippen LogP contribution in [0.5, 0.6) is 17.2 Å². The summed E-state index contributed by atoms with van der Waals surface area (Å²) in [5, 5.41) is 0.522. The molecule has 0 saturated carbocycles. The summed E-state index contributed by atoms with van der Waals surface area (Å²) in [5.74, 6) is 0.636. The lowest BCUT2D eigenvalue weighted by Crippen LogP contribution is -2.66. The molecule has 0 amide bonds. The molecule has 0 heterocycles. The SMILES string of the molecule is C=Cc1cc(O[Si](O[Si](C)(C)C)(O[Si](C)(C)C)O[Si](C)(C)C)c(O[Si](O[Si](C)(C)C)(O[Si](C)(C)C)O[Si](C)(C)C)c(O[Si](O[Si](C)(C)C)(O[Si](C)(C)C)O[Si](C)(C)C)c1[Si]. The molecule has 12 nitrogen and oxygen atoms in total. The Hall–Kier alpha value is 0.819. The van der Waals surface area contributed by atoms with E-state index in [9.17, 15) is 0 Å². The quantitative estimate of drug-likeness (QED) is 0.0870. The minimum Gasteiger partial charge on any atom is -0.478 e. The monoisotopic (exact) mass is 1060 g/mol. The lowest BCUT2D eigenvalue weighted by Gasteiger charge is -2.44. The van der Waals surface area contributed by atoms with Gasteiger partial charge in [-0.2, -0.15) is 0 Å². The van der Waals surface area contributed by atoms with Gasteiger partial charge in [-0.1, -0.05) is 12.7 Å². The highest BCUT2D eigenvalue weighted by molar-refractivity contribution is 6.90. The maximum Gasteiger partial charge on any atom is 0.717 e. The van der Waals surface area contributed by atoms with Crippen molar-refractivity contribution in [1.29, 1.82) is 0 Å². The van der Waals surface area contributed by atoms with Crippen molar-refractivity contribution in [2.45, 2.75) is 177 Å². The Morgan fingerprint density at radius 1 is 0.350 bits per heavy atom. The second-order valence-corrected chi connectivity index (χ2v) is 73.4. The van der Waals surface area contributed by atoms with Crippen molar-refractivity contribution in [2.75, 3.05) is 0 Å². The van der Waals surface area contributed by atoms with Crippen molar-refractivity contribution < 1.29 is 50.3 Å². The molecule has 1 aromatic carbocycles. The normalized spacial score (nSPS) is 15.0. The summed E-state index contributed by atoms with van der Waals surface area (Å²) in [5.41, 5.74) is 0.647. The van der Waals surface area contributed by atoms with Gasteiger partial charge in [0.15, 0.2) is 92.1 Å². The molecule has 0 saturated heterocycles. The lowest BCUT2D eigenvalue weighted by atomic mass is 10.2. The maximum absolute atomic E-state index is 7.49. The highest BCUT2D eigenvalue weighted by Gasteiger charge is 2.61. The topological polar surface area (TPSA) is 111 Å². The van der Waals surface area contributed by atoms with E-state index in [0.717, 1.165) is 0 Å². The fraction of sp³-hybridized carbons (Fsp3) is 0.771. The number of hydrogen-bond donors (Lipinski definition) is 0. The van der Waals surface area contributed by atoms with E-state index in [0.29, 0.717) is 10.8 Å². The molecule has 0 bridgehead atoms. The van der Waals surface area contributed by atoms with Gasteiger partial charge >= 0.3 is 27.1 Å². The molecule has 0 N–H and O–H groups in total. The van der Waals surface area contributed by atoms with Gasteiger partial charge in [0.1, 0.15) is 0 Å². The van der Waals surface area contributed by atoms with Crippen molar-refractivity contribution in [2.24, 2.45) is 0 Å². The molecule has 3 radical (unpaired) electrons. The summed E-state index contributed by atoms with van der Waals surface area (Å²) in [6, 6.07) is 1.85. The van der Waals surface area contributed by atoms with Crippen LogP contribution in [-0.2, 0) is 37.0 Å². The number of rotatable bonds is 25. The van der Waals surface area contributed by atoms with Crippen LogP contribution in [0.1, 0.15) is 5.56 Å².